The molecule has 0 bridgehead atoms. The third kappa shape index (κ3) is 4.01. The monoisotopic (exact) mass is 164 g/mol. The first kappa shape index (κ1) is 11.0. The molecule has 0 aliphatic heterocycles. The van der Waals surface area contributed by atoms with Crippen molar-refractivity contribution in [1.82, 2.24) is 5.32 Å². The van der Waals surface area contributed by atoms with E-state index >= 15 is 0 Å². The van der Waals surface area contributed by atoms with Crippen LogP contribution in [0.1, 0.15) is 33.6 Å². The second-order valence-electron chi connectivity index (χ2n) is 3.38. The summed E-state index contributed by atoms with van der Waals surface area (Å²) < 4.78 is 0. The molecule has 2 nitrogen and oxygen atoms in total. The lowest BCUT2D eigenvalue weighted by Gasteiger charge is -2.25. The first-order valence-corrected chi connectivity index (χ1v) is 4.18. The summed E-state index contributed by atoms with van der Waals surface area (Å²) in [5, 5.41) is 11.7. The van der Waals surface area contributed by atoms with Crippen LogP contribution < -0.4 is 5.32 Å². The zero-order chi connectivity index (χ0) is 9.61. The fraction of sp³-hybridized carbons (Fsp3) is 0.700. The first-order chi connectivity index (χ1) is 5.55. The van der Waals surface area contributed by atoms with Crippen LogP contribution in [-0.4, -0.2) is 11.6 Å². The highest BCUT2D eigenvalue weighted by Crippen LogP contribution is 2.05. The molecular weight excluding hydrogens is 148 g/mol. The molecule has 0 fully saturated rings. The van der Waals surface area contributed by atoms with Crippen LogP contribution in [0.25, 0.3) is 0 Å². The summed E-state index contributed by atoms with van der Waals surface area (Å²) in [6.07, 6.45) is 6.75. The van der Waals surface area contributed by atoms with E-state index in [1.807, 2.05) is 20.8 Å². The van der Waals surface area contributed by atoms with E-state index in [0.717, 1.165) is 6.42 Å². The number of hydrogen-bond donors (Lipinski definition) is 1. The smallest absolute Gasteiger partial charge is 0.0743 e. The van der Waals surface area contributed by atoms with Crippen molar-refractivity contribution in [2.75, 3.05) is 0 Å². The second-order valence-corrected chi connectivity index (χ2v) is 3.38. The molecule has 1 N–H and O–H groups in total. The van der Waals surface area contributed by atoms with E-state index in [-0.39, 0.29) is 11.6 Å². The molecule has 0 saturated heterocycles. The van der Waals surface area contributed by atoms with Crippen molar-refractivity contribution >= 4 is 0 Å². The fourth-order valence-electron chi connectivity index (χ4n) is 0.960. The zero-order valence-electron chi connectivity index (χ0n) is 8.02. The van der Waals surface area contributed by atoms with Crippen LogP contribution in [-0.2, 0) is 0 Å². The van der Waals surface area contributed by atoms with Crippen LogP contribution in [0.5, 0.6) is 0 Å². The van der Waals surface area contributed by atoms with E-state index in [9.17, 15) is 0 Å². The van der Waals surface area contributed by atoms with Gasteiger partial charge in [0.25, 0.3) is 0 Å². The van der Waals surface area contributed by atoms with E-state index in [2.05, 4.69) is 17.3 Å². The number of nitriles is 1. The molecule has 0 heterocycles. The number of nitrogens with one attached hydrogen (secondary N) is 1. The summed E-state index contributed by atoms with van der Waals surface area (Å²) in [5.74, 6) is 2.64. The van der Waals surface area contributed by atoms with E-state index in [0.29, 0.717) is 6.42 Å². The molecule has 0 spiro atoms. The van der Waals surface area contributed by atoms with Gasteiger partial charge in [-0.3, -0.25) is 5.32 Å². The molecule has 66 valence electrons. The highest BCUT2D eigenvalue weighted by molar-refractivity contribution is 5.08. The minimum absolute atomic E-state index is 0.209. The number of nitrogens with zero attached hydrogens (tertiary/aromatic N) is 1. The Bertz CT molecular complexity index is 205. The van der Waals surface area contributed by atoms with Gasteiger partial charge in [0.05, 0.1) is 18.0 Å². The van der Waals surface area contributed by atoms with Crippen molar-refractivity contribution < 1.29 is 0 Å². The van der Waals surface area contributed by atoms with E-state index in [4.69, 9.17) is 11.7 Å². The van der Waals surface area contributed by atoms with Crippen LogP contribution in [0, 0.1) is 23.7 Å². The van der Waals surface area contributed by atoms with Gasteiger partial charge in [0.1, 0.15) is 0 Å². The summed E-state index contributed by atoms with van der Waals surface area (Å²) in [6, 6.07) is 2.34. The molecule has 0 aromatic rings. The van der Waals surface area contributed by atoms with Crippen molar-refractivity contribution in [2.45, 2.75) is 45.2 Å². The van der Waals surface area contributed by atoms with Gasteiger partial charge in [-0.15, -0.1) is 6.42 Å². The summed E-state index contributed by atoms with van der Waals surface area (Å²) >= 11 is 0. The lowest BCUT2D eigenvalue weighted by atomic mass is 10.0. The lowest BCUT2D eigenvalue weighted by molar-refractivity contribution is 0.398. The van der Waals surface area contributed by atoms with Crippen molar-refractivity contribution in [3.8, 4) is 18.4 Å². The molecule has 0 radical (unpaired) electrons. The Morgan fingerprint density at radius 3 is 2.50 bits per heavy atom. The molecule has 0 aliphatic carbocycles. The van der Waals surface area contributed by atoms with Gasteiger partial charge in [-0.05, 0) is 20.3 Å². The normalized spacial score (nSPS) is 13.1. The molecule has 0 aliphatic rings. The molecular formula is C10H16N2. The highest BCUT2D eigenvalue weighted by atomic mass is 15.0. The first-order valence-electron chi connectivity index (χ1n) is 4.18. The van der Waals surface area contributed by atoms with Crippen LogP contribution in [0.2, 0.25) is 0 Å². The van der Waals surface area contributed by atoms with Gasteiger partial charge in [0, 0.05) is 6.04 Å². The average molecular weight is 164 g/mol. The van der Waals surface area contributed by atoms with Gasteiger partial charge in [-0.25, -0.2) is 0 Å². The lowest BCUT2D eigenvalue weighted by Crippen LogP contribution is -2.44. The molecule has 1 unspecified atom stereocenters. The van der Waals surface area contributed by atoms with Gasteiger partial charge >= 0.3 is 0 Å². The average Bonchev–Trinajstić information content (AvgIpc) is 2.03. The second kappa shape index (κ2) is 4.80. The predicted molar refractivity (Wildman–Crippen MR) is 50.4 cm³/mol. The van der Waals surface area contributed by atoms with Crippen molar-refractivity contribution in [3.05, 3.63) is 0 Å². The SMILES string of the molecule is C#CC(C)(C)NC(CC)CC#N. The Hall–Kier alpha value is -0.990. The van der Waals surface area contributed by atoms with Gasteiger partial charge in [-0.2, -0.15) is 5.26 Å². The quantitative estimate of drug-likeness (QED) is 0.642. The van der Waals surface area contributed by atoms with Crippen LogP contribution in [0.3, 0.4) is 0 Å². The van der Waals surface area contributed by atoms with Crippen LogP contribution in [0.4, 0.5) is 0 Å². The van der Waals surface area contributed by atoms with E-state index < -0.39 is 0 Å². The molecule has 1 atom stereocenters. The molecule has 0 aromatic heterocycles. The Labute approximate surface area is 75.0 Å². The van der Waals surface area contributed by atoms with E-state index in [1.54, 1.807) is 0 Å². The van der Waals surface area contributed by atoms with Crippen LogP contribution >= 0.6 is 0 Å². The number of rotatable bonds is 4. The van der Waals surface area contributed by atoms with Gasteiger partial charge in [-0.1, -0.05) is 12.8 Å². The Balaban J connectivity index is 4.05. The van der Waals surface area contributed by atoms with E-state index in [1.165, 1.54) is 0 Å². The van der Waals surface area contributed by atoms with Crippen molar-refractivity contribution in [1.29, 1.82) is 5.26 Å². The number of terminal acetylenes is 1. The number of hydrogen-bond acceptors (Lipinski definition) is 2. The van der Waals surface area contributed by atoms with Crippen LogP contribution in [0.15, 0.2) is 0 Å². The highest BCUT2D eigenvalue weighted by Gasteiger charge is 2.17. The maximum Gasteiger partial charge on any atom is 0.0743 e. The zero-order valence-corrected chi connectivity index (χ0v) is 8.02. The largest absolute Gasteiger partial charge is 0.298 e. The minimum atomic E-state index is -0.308. The predicted octanol–water partition coefficient (Wildman–Crippen LogP) is 1.68. The van der Waals surface area contributed by atoms with Gasteiger partial charge in [0.2, 0.25) is 0 Å². The summed E-state index contributed by atoms with van der Waals surface area (Å²) in [7, 11) is 0. The summed E-state index contributed by atoms with van der Waals surface area (Å²) in [6.45, 7) is 5.92. The molecule has 0 saturated carbocycles. The van der Waals surface area contributed by atoms with Gasteiger partial charge in [0.15, 0.2) is 0 Å². The maximum atomic E-state index is 8.50. The van der Waals surface area contributed by atoms with Gasteiger partial charge < -0.3 is 0 Å². The summed E-state index contributed by atoms with van der Waals surface area (Å²) in [4.78, 5) is 0. The minimum Gasteiger partial charge on any atom is -0.298 e. The van der Waals surface area contributed by atoms with Crippen molar-refractivity contribution in [2.24, 2.45) is 0 Å². The molecule has 0 amide bonds. The topological polar surface area (TPSA) is 35.8 Å². The van der Waals surface area contributed by atoms with Crippen molar-refractivity contribution in [3.63, 3.8) is 0 Å². The summed E-state index contributed by atoms with van der Waals surface area (Å²) in [5.41, 5.74) is -0.308. The Kier molecular flexibility index (Phi) is 4.40. The fourth-order valence-corrected chi connectivity index (χ4v) is 0.960. The molecule has 0 rings (SSSR count). The molecule has 12 heavy (non-hydrogen) atoms. The standard InChI is InChI=1S/C10H16N2/c1-5-9(7-8-11)12-10(3,4)6-2/h2,9,12H,5,7H2,1,3-4H3. The Morgan fingerprint density at radius 1 is 1.58 bits per heavy atom. The third-order valence-electron chi connectivity index (χ3n) is 1.76. The molecule has 0 aromatic carbocycles. The molecule has 2 heteroatoms. The maximum absolute atomic E-state index is 8.50. The Morgan fingerprint density at radius 2 is 2.17 bits per heavy atom. The third-order valence-corrected chi connectivity index (χ3v) is 1.76.